The molecule has 5 fully saturated rings. The normalized spacial score (nSPS) is 49.0. The lowest BCUT2D eigenvalue weighted by Gasteiger charge is -2.62. The average Bonchev–Trinajstić information content (AvgIpc) is 3.49. The van der Waals surface area contributed by atoms with Gasteiger partial charge in [0.2, 0.25) is 0 Å². The maximum absolute atomic E-state index is 11.7. The Balaban J connectivity index is 1.36. The highest BCUT2D eigenvalue weighted by Gasteiger charge is 2.64. The van der Waals surface area contributed by atoms with E-state index >= 15 is 0 Å². The van der Waals surface area contributed by atoms with Gasteiger partial charge >= 0.3 is 5.97 Å². The fourth-order valence-corrected chi connectivity index (χ4v) is 11.6. The van der Waals surface area contributed by atoms with Crippen molar-refractivity contribution in [1.29, 1.82) is 0 Å². The highest BCUT2D eigenvalue weighted by Crippen LogP contribution is 2.68. The van der Waals surface area contributed by atoms with Gasteiger partial charge in [0.1, 0.15) is 48.8 Å². The van der Waals surface area contributed by atoms with Crippen molar-refractivity contribution in [3.8, 4) is 0 Å². The second-order valence-corrected chi connectivity index (χ2v) is 18.3. The van der Waals surface area contributed by atoms with Gasteiger partial charge in [-0.3, -0.25) is 4.79 Å². The molecule has 4 aliphatic carbocycles. The van der Waals surface area contributed by atoms with Crippen molar-refractivity contribution in [2.24, 2.45) is 46.3 Å². The lowest BCUT2D eigenvalue weighted by atomic mass is 9.45. The molecule has 6 aliphatic rings. The molecule has 2 saturated heterocycles. The lowest BCUT2D eigenvalue weighted by Crippen LogP contribution is -2.64. The van der Waals surface area contributed by atoms with Crippen molar-refractivity contribution < 1.29 is 69.3 Å². The molecule has 3 saturated carbocycles. The van der Waals surface area contributed by atoms with E-state index in [4.69, 9.17) is 23.7 Å². The number of carbonyl (C=O) groups excluding carboxylic acids is 1. The summed E-state index contributed by atoms with van der Waals surface area (Å²) < 4.78 is 29.8. The summed E-state index contributed by atoms with van der Waals surface area (Å²) in [5.74, 6) is 0.668. The van der Waals surface area contributed by atoms with Gasteiger partial charge in [-0.05, 0) is 96.9 Å². The van der Waals surface area contributed by atoms with Crippen molar-refractivity contribution in [1.82, 2.24) is 0 Å². The van der Waals surface area contributed by atoms with Crippen molar-refractivity contribution in [3.05, 3.63) is 23.8 Å². The van der Waals surface area contributed by atoms with E-state index in [0.29, 0.717) is 23.3 Å². The molecule has 55 heavy (non-hydrogen) atoms. The summed E-state index contributed by atoms with van der Waals surface area (Å²) in [5, 5.41) is 86.9. The predicted octanol–water partition coefficient (Wildman–Crippen LogP) is 1.33. The van der Waals surface area contributed by atoms with Crippen LogP contribution in [0.5, 0.6) is 0 Å². The molecule has 14 heteroatoms. The van der Waals surface area contributed by atoms with E-state index in [1.54, 1.807) is 0 Å². The molecule has 3 unspecified atom stereocenters. The number of aliphatic hydroxyl groups is 8. The molecule has 6 rings (SSSR count). The molecular formula is C41H66O14. The lowest BCUT2D eigenvalue weighted by molar-refractivity contribution is -0.321. The SMILES string of the molecule is C=C(CC[C@@H](C)[C@H]1CCC2C3C(CC[C@@]21C)[C@@]1(C)C[C@@H](O)[C@H](O)[C@H](O[C@@H]2O[C@H](CO)[C@H](O)[C@H](O)[C@H]2O)C1=C[C@H]3O[C@@H]1OC[C@@H](OC(C)=O)[C@H](O)[C@H]1O)C(C)C. The first kappa shape index (κ1) is 43.1. The van der Waals surface area contributed by atoms with Crippen LogP contribution in [0.3, 0.4) is 0 Å². The number of hydrogen-bond acceptors (Lipinski definition) is 14. The van der Waals surface area contributed by atoms with Gasteiger partial charge in [0.25, 0.3) is 0 Å². The Kier molecular flexibility index (Phi) is 13.0. The quantitative estimate of drug-likeness (QED) is 0.109. The van der Waals surface area contributed by atoms with Crippen LogP contribution in [0.25, 0.3) is 0 Å². The van der Waals surface area contributed by atoms with Crippen LogP contribution in [0, 0.1) is 46.3 Å². The molecule has 2 heterocycles. The molecule has 0 spiro atoms. The third-order valence-corrected chi connectivity index (χ3v) is 14.8. The molecule has 0 bridgehead atoms. The van der Waals surface area contributed by atoms with Crippen molar-refractivity contribution in [3.63, 3.8) is 0 Å². The van der Waals surface area contributed by atoms with Crippen LogP contribution in [-0.4, -0.2) is 140 Å². The number of rotatable bonds is 11. The molecule has 0 aromatic rings. The number of hydrogen-bond donors (Lipinski definition) is 8. The summed E-state index contributed by atoms with van der Waals surface area (Å²) in [7, 11) is 0. The van der Waals surface area contributed by atoms with Crippen LogP contribution < -0.4 is 0 Å². The Bertz CT molecular complexity index is 1400. The Morgan fingerprint density at radius 2 is 1.60 bits per heavy atom. The second kappa shape index (κ2) is 16.6. The molecule has 0 aromatic heterocycles. The Labute approximate surface area is 324 Å². The van der Waals surface area contributed by atoms with Gasteiger partial charge in [0.05, 0.1) is 25.4 Å². The number of ether oxygens (including phenoxy) is 5. The zero-order chi connectivity index (χ0) is 40.3. The third-order valence-electron chi connectivity index (χ3n) is 14.8. The number of allylic oxidation sites excluding steroid dienone is 1. The molecule has 14 nitrogen and oxygen atoms in total. The molecular weight excluding hydrogens is 716 g/mol. The van der Waals surface area contributed by atoms with Crippen LogP contribution in [0.2, 0.25) is 0 Å². The zero-order valence-electron chi connectivity index (χ0n) is 33.1. The van der Waals surface area contributed by atoms with Crippen LogP contribution in [-0.2, 0) is 28.5 Å². The predicted molar refractivity (Wildman–Crippen MR) is 197 cm³/mol. The van der Waals surface area contributed by atoms with Crippen LogP contribution >= 0.6 is 0 Å². The molecule has 20 atom stereocenters. The van der Waals surface area contributed by atoms with E-state index < -0.39 is 97.7 Å². The molecule has 0 amide bonds. The number of aliphatic hydroxyl groups excluding tert-OH is 8. The largest absolute Gasteiger partial charge is 0.457 e. The van der Waals surface area contributed by atoms with Gasteiger partial charge in [-0.25, -0.2) is 0 Å². The minimum Gasteiger partial charge on any atom is -0.457 e. The van der Waals surface area contributed by atoms with Gasteiger partial charge < -0.3 is 64.5 Å². The van der Waals surface area contributed by atoms with Gasteiger partial charge in [-0.15, -0.1) is 0 Å². The topological polar surface area (TPSA) is 225 Å². The smallest absolute Gasteiger partial charge is 0.303 e. The van der Waals surface area contributed by atoms with Crippen molar-refractivity contribution in [2.75, 3.05) is 13.2 Å². The highest BCUT2D eigenvalue weighted by molar-refractivity contribution is 5.66. The van der Waals surface area contributed by atoms with Gasteiger partial charge in [-0.1, -0.05) is 52.8 Å². The first-order valence-electron chi connectivity index (χ1n) is 20.4. The maximum Gasteiger partial charge on any atom is 0.303 e. The average molecular weight is 783 g/mol. The summed E-state index contributed by atoms with van der Waals surface area (Å²) >= 11 is 0. The fourth-order valence-electron chi connectivity index (χ4n) is 11.6. The number of carbonyl (C=O) groups is 1. The van der Waals surface area contributed by atoms with E-state index in [1.165, 1.54) is 12.5 Å². The van der Waals surface area contributed by atoms with Gasteiger partial charge in [0.15, 0.2) is 18.7 Å². The minimum atomic E-state index is -1.73. The highest BCUT2D eigenvalue weighted by atomic mass is 16.7. The fraction of sp³-hybridized carbons (Fsp3) is 0.878. The minimum absolute atomic E-state index is 0.0476. The molecule has 8 N–H and O–H groups in total. The molecule has 2 aliphatic heterocycles. The maximum atomic E-state index is 11.7. The first-order chi connectivity index (χ1) is 25.8. The van der Waals surface area contributed by atoms with Crippen LogP contribution in [0.15, 0.2) is 23.8 Å². The third kappa shape index (κ3) is 7.85. The van der Waals surface area contributed by atoms with Gasteiger partial charge in [0, 0.05) is 6.92 Å². The molecule has 0 radical (unpaired) electrons. The van der Waals surface area contributed by atoms with Gasteiger partial charge in [-0.2, -0.15) is 0 Å². The molecule has 314 valence electrons. The number of esters is 1. The van der Waals surface area contributed by atoms with E-state index in [2.05, 4.69) is 41.2 Å². The van der Waals surface area contributed by atoms with Crippen LogP contribution in [0.4, 0.5) is 0 Å². The van der Waals surface area contributed by atoms with Crippen molar-refractivity contribution in [2.45, 2.75) is 166 Å². The van der Waals surface area contributed by atoms with Crippen molar-refractivity contribution >= 4 is 5.97 Å². The Hall–Kier alpha value is -1.53. The standard InChI is InChI=1S/C41H66O14/c1-18(2)19(3)8-9-20(4)22-10-11-23-30-24(12-13-40(22,23)6)41(7)15-26(44)31(45)37(55-39-36(50)34(48)32(46)28(16-42)54-39)25(41)14-27(30)53-38-35(49)33(47)29(17-51-38)52-21(5)43/h14,18,20,22-24,26-39,42,44-50H,3,8-13,15-17H2,1-2,4-7H3/t20-,22-,23?,24?,26-,27-,28-,29-,30?,31+,32+,33+,34+,35-,36-,37-,38+,39+,40-,41-/m1/s1. The van der Waals surface area contributed by atoms with E-state index in [9.17, 15) is 45.6 Å². The van der Waals surface area contributed by atoms with Crippen LogP contribution in [0.1, 0.15) is 86.5 Å². The second-order valence-electron chi connectivity index (χ2n) is 18.3. The summed E-state index contributed by atoms with van der Waals surface area (Å²) in [6.45, 7) is 15.8. The Morgan fingerprint density at radius 1 is 0.909 bits per heavy atom. The first-order valence-corrected chi connectivity index (χ1v) is 20.4. The summed E-state index contributed by atoms with van der Waals surface area (Å²) in [6.07, 6.45) is -10.1. The zero-order valence-corrected chi connectivity index (χ0v) is 33.1. The molecule has 0 aromatic carbocycles. The summed E-state index contributed by atoms with van der Waals surface area (Å²) in [4.78, 5) is 11.7. The monoisotopic (exact) mass is 782 g/mol. The number of fused-ring (bicyclic) bond motifs is 5. The van der Waals surface area contributed by atoms with E-state index in [-0.39, 0.29) is 36.2 Å². The summed E-state index contributed by atoms with van der Waals surface area (Å²) in [6, 6.07) is 0. The van der Waals surface area contributed by atoms with E-state index in [0.717, 1.165) is 38.5 Å². The van der Waals surface area contributed by atoms with E-state index in [1.807, 2.05) is 6.08 Å². The summed E-state index contributed by atoms with van der Waals surface area (Å²) in [5.41, 5.74) is 1.07. The Morgan fingerprint density at radius 3 is 2.25 bits per heavy atom.